The van der Waals surface area contributed by atoms with Crippen molar-refractivity contribution in [2.24, 2.45) is 0 Å². The SMILES string of the molecule is COc1cc(C(CC(C)=O)C[N+](=O)[O-])c([N+](=O)[O-])cc1OC. The summed E-state index contributed by atoms with van der Waals surface area (Å²) < 4.78 is 10.1. The van der Waals surface area contributed by atoms with Crippen LogP contribution in [0.1, 0.15) is 24.8 Å². The predicted octanol–water partition coefficient (Wildman–Crippen LogP) is 1.95. The topological polar surface area (TPSA) is 122 Å². The number of nitrogens with zero attached hydrogens (tertiary/aromatic N) is 2. The zero-order chi connectivity index (χ0) is 16.9. The number of hydrogen-bond donors (Lipinski definition) is 0. The third kappa shape index (κ3) is 4.14. The average Bonchev–Trinajstić information content (AvgIpc) is 2.43. The van der Waals surface area contributed by atoms with Gasteiger partial charge < -0.3 is 14.3 Å². The van der Waals surface area contributed by atoms with E-state index in [4.69, 9.17) is 9.47 Å². The summed E-state index contributed by atoms with van der Waals surface area (Å²) in [6.07, 6.45) is -0.169. The van der Waals surface area contributed by atoms with E-state index in [1.54, 1.807) is 0 Å². The van der Waals surface area contributed by atoms with Crippen LogP contribution in [0.4, 0.5) is 5.69 Å². The summed E-state index contributed by atoms with van der Waals surface area (Å²) in [6, 6.07) is 2.45. The lowest BCUT2D eigenvalue weighted by Crippen LogP contribution is -2.17. The van der Waals surface area contributed by atoms with Crippen molar-refractivity contribution in [1.29, 1.82) is 0 Å². The van der Waals surface area contributed by atoms with Gasteiger partial charge in [-0.05, 0) is 13.0 Å². The lowest BCUT2D eigenvalue weighted by atomic mass is 9.92. The van der Waals surface area contributed by atoms with Crippen LogP contribution in [0, 0.1) is 20.2 Å². The Hall–Kier alpha value is -2.71. The highest BCUT2D eigenvalue weighted by molar-refractivity contribution is 5.77. The fourth-order valence-electron chi connectivity index (χ4n) is 2.17. The van der Waals surface area contributed by atoms with E-state index in [9.17, 15) is 25.0 Å². The molecular weight excluding hydrogens is 296 g/mol. The minimum Gasteiger partial charge on any atom is -0.493 e. The first-order valence-corrected chi connectivity index (χ1v) is 6.31. The summed E-state index contributed by atoms with van der Waals surface area (Å²) >= 11 is 0. The molecule has 120 valence electrons. The Labute approximate surface area is 126 Å². The highest BCUT2D eigenvalue weighted by Gasteiger charge is 2.29. The minimum atomic E-state index is -0.910. The van der Waals surface area contributed by atoms with Gasteiger partial charge >= 0.3 is 0 Å². The van der Waals surface area contributed by atoms with Crippen molar-refractivity contribution in [1.82, 2.24) is 0 Å². The second-order valence-electron chi connectivity index (χ2n) is 4.64. The summed E-state index contributed by atoms with van der Waals surface area (Å²) in [4.78, 5) is 32.1. The molecule has 1 atom stereocenters. The van der Waals surface area contributed by atoms with E-state index in [0.717, 1.165) is 6.07 Å². The molecular formula is C13H16N2O7. The Morgan fingerprint density at radius 3 is 2.14 bits per heavy atom. The number of ether oxygens (including phenoxy) is 2. The Balaban J connectivity index is 3.46. The second-order valence-corrected chi connectivity index (χ2v) is 4.64. The van der Waals surface area contributed by atoms with Crippen molar-refractivity contribution in [2.45, 2.75) is 19.3 Å². The van der Waals surface area contributed by atoms with Gasteiger partial charge in [0.2, 0.25) is 6.54 Å². The maximum absolute atomic E-state index is 11.3. The van der Waals surface area contributed by atoms with Crippen LogP contribution < -0.4 is 9.47 Å². The van der Waals surface area contributed by atoms with Gasteiger partial charge in [-0.3, -0.25) is 20.2 Å². The van der Waals surface area contributed by atoms with E-state index in [2.05, 4.69) is 0 Å². The normalized spacial score (nSPS) is 11.6. The van der Waals surface area contributed by atoms with Crippen LogP contribution >= 0.6 is 0 Å². The van der Waals surface area contributed by atoms with Crippen LogP contribution in [-0.2, 0) is 4.79 Å². The van der Waals surface area contributed by atoms with Gasteiger partial charge in [-0.25, -0.2) is 0 Å². The molecule has 0 fully saturated rings. The molecule has 0 saturated carbocycles. The highest BCUT2D eigenvalue weighted by atomic mass is 16.6. The number of nitro benzene ring substituents is 1. The molecule has 0 aromatic heterocycles. The van der Waals surface area contributed by atoms with Gasteiger partial charge in [-0.2, -0.15) is 0 Å². The van der Waals surface area contributed by atoms with E-state index in [0.29, 0.717) is 0 Å². The molecule has 0 saturated heterocycles. The van der Waals surface area contributed by atoms with Crippen LogP contribution in [0.15, 0.2) is 12.1 Å². The molecule has 0 aliphatic carbocycles. The fourth-order valence-corrected chi connectivity index (χ4v) is 2.17. The number of nitro groups is 2. The van der Waals surface area contributed by atoms with Crippen molar-refractivity contribution in [3.05, 3.63) is 37.9 Å². The van der Waals surface area contributed by atoms with E-state index in [-0.39, 0.29) is 35.0 Å². The van der Waals surface area contributed by atoms with E-state index >= 15 is 0 Å². The smallest absolute Gasteiger partial charge is 0.277 e. The quantitative estimate of drug-likeness (QED) is 0.531. The molecule has 0 spiro atoms. The zero-order valence-corrected chi connectivity index (χ0v) is 12.4. The van der Waals surface area contributed by atoms with Gasteiger partial charge in [0.15, 0.2) is 11.5 Å². The largest absolute Gasteiger partial charge is 0.493 e. The monoisotopic (exact) mass is 312 g/mol. The van der Waals surface area contributed by atoms with Gasteiger partial charge in [0.25, 0.3) is 5.69 Å². The van der Waals surface area contributed by atoms with E-state index in [1.165, 1.54) is 27.2 Å². The summed E-state index contributed by atoms with van der Waals surface area (Å²) in [5.41, 5.74) is -0.264. The first-order valence-electron chi connectivity index (χ1n) is 6.31. The molecule has 9 heteroatoms. The van der Waals surface area contributed by atoms with Gasteiger partial charge in [-0.15, -0.1) is 0 Å². The maximum Gasteiger partial charge on any atom is 0.277 e. The lowest BCUT2D eigenvalue weighted by Gasteiger charge is -2.15. The van der Waals surface area contributed by atoms with Crippen molar-refractivity contribution in [2.75, 3.05) is 20.8 Å². The van der Waals surface area contributed by atoms with Crippen LogP contribution in [0.5, 0.6) is 11.5 Å². The second kappa shape index (κ2) is 7.34. The third-order valence-electron chi connectivity index (χ3n) is 3.07. The Morgan fingerprint density at radius 1 is 1.18 bits per heavy atom. The summed E-state index contributed by atoms with van der Waals surface area (Å²) in [7, 11) is 2.67. The number of hydrogen-bond acceptors (Lipinski definition) is 7. The molecule has 0 radical (unpaired) electrons. The fraction of sp³-hybridized carbons (Fsp3) is 0.462. The van der Waals surface area contributed by atoms with E-state index < -0.39 is 22.3 Å². The summed E-state index contributed by atoms with van der Waals surface area (Å²) in [5, 5.41) is 22.0. The Bertz CT molecular complexity index is 584. The third-order valence-corrected chi connectivity index (χ3v) is 3.07. The molecule has 1 unspecified atom stereocenters. The van der Waals surface area contributed by atoms with Gasteiger partial charge in [0.05, 0.1) is 31.1 Å². The number of methoxy groups -OCH3 is 2. The van der Waals surface area contributed by atoms with E-state index in [1.807, 2.05) is 0 Å². The molecule has 0 aliphatic heterocycles. The molecule has 1 rings (SSSR count). The predicted molar refractivity (Wildman–Crippen MR) is 76.1 cm³/mol. The van der Waals surface area contributed by atoms with Gasteiger partial charge in [-0.1, -0.05) is 0 Å². The Morgan fingerprint density at radius 2 is 1.73 bits per heavy atom. The molecule has 0 bridgehead atoms. The molecule has 9 nitrogen and oxygen atoms in total. The lowest BCUT2D eigenvalue weighted by molar-refractivity contribution is -0.483. The molecule has 1 aromatic carbocycles. The summed E-state index contributed by atoms with van der Waals surface area (Å²) in [6.45, 7) is 0.690. The van der Waals surface area contributed by atoms with Crippen molar-refractivity contribution >= 4 is 11.5 Å². The van der Waals surface area contributed by atoms with Crippen molar-refractivity contribution in [3.8, 4) is 11.5 Å². The van der Waals surface area contributed by atoms with Crippen LogP contribution in [0.2, 0.25) is 0 Å². The number of carbonyl (C=O) groups is 1. The van der Waals surface area contributed by atoms with Crippen molar-refractivity contribution in [3.63, 3.8) is 0 Å². The number of ketones is 1. The van der Waals surface area contributed by atoms with Gasteiger partial charge in [0.1, 0.15) is 5.78 Å². The standard InChI is InChI=1S/C13H16N2O7/c1-8(16)4-9(7-14(17)18)10-5-12(21-2)13(22-3)6-11(10)15(19)20/h5-6,9H,4,7H2,1-3H3. The average molecular weight is 312 g/mol. The number of Topliss-reactive ketones (excluding diaryl/α,β-unsaturated/α-hetero) is 1. The molecule has 0 N–H and O–H groups in total. The summed E-state index contributed by atoms with van der Waals surface area (Å²) in [5.74, 6) is -0.857. The van der Waals surface area contributed by atoms with Gasteiger partial charge in [0, 0.05) is 16.9 Å². The molecule has 1 aromatic rings. The van der Waals surface area contributed by atoms with Crippen LogP contribution in [0.25, 0.3) is 0 Å². The first-order chi connectivity index (χ1) is 10.3. The molecule has 0 aliphatic rings. The van der Waals surface area contributed by atoms with Crippen molar-refractivity contribution < 1.29 is 24.1 Å². The molecule has 22 heavy (non-hydrogen) atoms. The Kier molecular flexibility index (Phi) is 5.79. The van der Waals surface area contributed by atoms with Crippen LogP contribution in [-0.4, -0.2) is 36.4 Å². The maximum atomic E-state index is 11.3. The highest BCUT2D eigenvalue weighted by Crippen LogP contribution is 2.39. The number of rotatable bonds is 8. The first kappa shape index (κ1) is 17.3. The van der Waals surface area contributed by atoms with Crippen LogP contribution in [0.3, 0.4) is 0 Å². The number of benzene rings is 1. The zero-order valence-electron chi connectivity index (χ0n) is 12.4. The minimum absolute atomic E-state index is 0.0783. The molecule has 0 amide bonds. The molecule has 0 heterocycles. The number of carbonyl (C=O) groups excluding carboxylic acids is 1.